The Bertz CT molecular complexity index is 1010. The van der Waals surface area contributed by atoms with Crippen molar-refractivity contribution in [2.75, 3.05) is 24.7 Å². The lowest BCUT2D eigenvalue weighted by Gasteiger charge is -2.15. The number of hydrogen-bond acceptors (Lipinski definition) is 6. The van der Waals surface area contributed by atoms with Crippen molar-refractivity contribution in [3.63, 3.8) is 0 Å². The lowest BCUT2D eigenvalue weighted by Crippen LogP contribution is -2.23. The van der Waals surface area contributed by atoms with Gasteiger partial charge in [0, 0.05) is 35.6 Å². The highest BCUT2D eigenvalue weighted by molar-refractivity contribution is 5.99. The average molecular weight is 426 g/mol. The van der Waals surface area contributed by atoms with Crippen LogP contribution in [0.3, 0.4) is 0 Å². The fourth-order valence-corrected chi connectivity index (χ4v) is 3.61. The molecule has 0 N–H and O–H groups in total. The summed E-state index contributed by atoms with van der Waals surface area (Å²) in [5.74, 6) is -1.27. The number of nitrogens with zero attached hydrogens (tertiary/aromatic N) is 2. The van der Waals surface area contributed by atoms with Gasteiger partial charge in [0.05, 0.1) is 12.2 Å². The highest BCUT2D eigenvalue weighted by Crippen LogP contribution is 2.22. The summed E-state index contributed by atoms with van der Waals surface area (Å²) in [6, 6.07) is 8.37. The van der Waals surface area contributed by atoms with Crippen LogP contribution in [0.5, 0.6) is 0 Å². The molecule has 0 bridgehead atoms. The molecule has 0 spiro atoms. The summed E-state index contributed by atoms with van der Waals surface area (Å²) in [5, 5.41) is 0. The number of anilines is 1. The zero-order chi connectivity index (χ0) is 22.5. The summed E-state index contributed by atoms with van der Waals surface area (Å²) in [5.41, 5.74) is 2.88. The van der Waals surface area contributed by atoms with Crippen molar-refractivity contribution in [3.8, 4) is 0 Å². The summed E-state index contributed by atoms with van der Waals surface area (Å²) < 4.78 is 11.8. The van der Waals surface area contributed by atoms with Crippen molar-refractivity contribution >= 4 is 29.3 Å². The summed E-state index contributed by atoms with van der Waals surface area (Å²) in [4.78, 5) is 50.1. The number of hydrogen-bond donors (Lipinski definition) is 0. The number of benzene rings is 1. The van der Waals surface area contributed by atoms with E-state index in [2.05, 4.69) is 0 Å². The zero-order valence-corrected chi connectivity index (χ0v) is 18.0. The number of ketones is 1. The Labute approximate surface area is 180 Å². The molecule has 8 heteroatoms. The number of ether oxygens (including phenoxy) is 2. The SMILES string of the molecule is CCOC(=O)c1cc(C)n(CC(=O)OCC(=O)c2ccc(N3CCCC3=O)cc2)c1C. The van der Waals surface area contributed by atoms with Crippen LogP contribution in [0.2, 0.25) is 0 Å². The predicted octanol–water partition coefficient (Wildman–Crippen LogP) is 2.83. The highest BCUT2D eigenvalue weighted by atomic mass is 16.5. The molecular weight excluding hydrogens is 400 g/mol. The topological polar surface area (TPSA) is 94.9 Å². The van der Waals surface area contributed by atoms with Crippen molar-refractivity contribution < 1.29 is 28.7 Å². The van der Waals surface area contributed by atoms with Crippen molar-refractivity contribution in [2.24, 2.45) is 0 Å². The minimum Gasteiger partial charge on any atom is -0.462 e. The quantitative estimate of drug-likeness (QED) is 0.476. The molecule has 0 saturated carbocycles. The molecule has 0 atom stereocenters. The Balaban J connectivity index is 1.57. The average Bonchev–Trinajstić information content (AvgIpc) is 3.30. The lowest BCUT2D eigenvalue weighted by atomic mass is 10.1. The third-order valence-electron chi connectivity index (χ3n) is 5.29. The monoisotopic (exact) mass is 426 g/mol. The zero-order valence-electron chi connectivity index (χ0n) is 18.0. The fourth-order valence-electron chi connectivity index (χ4n) is 3.61. The number of carbonyl (C=O) groups excluding carboxylic acids is 4. The van der Waals surface area contributed by atoms with Crippen molar-refractivity contribution in [1.82, 2.24) is 4.57 Å². The molecule has 1 saturated heterocycles. The molecule has 1 aromatic heterocycles. The molecule has 0 unspecified atom stereocenters. The van der Waals surface area contributed by atoms with E-state index < -0.39 is 11.9 Å². The van der Waals surface area contributed by atoms with E-state index in [4.69, 9.17) is 9.47 Å². The maximum atomic E-state index is 12.4. The number of esters is 2. The Morgan fingerprint density at radius 2 is 1.77 bits per heavy atom. The van der Waals surface area contributed by atoms with Gasteiger partial charge in [0.15, 0.2) is 12.4 Å². The van der Waals surface area contributed by atoms with Gasteiger partial charge in [-0.25, -0.2) is 4.79 Å². The number of rotatable bonds is 8. The number of Topliss-reactive ketones (excluding diaryl/α,β-unsaturated/α-hetero) is 1. The number of amides is 1. The first-order valence-corrected chi connectivity index (χ1v) is 10.2. The molecule has 0 aliphatic carbocycles. The molecule has 31 heavy (non-hydrogen) atoms. The largest absolute Gasteiger partial charge is 0.462 e. The Kier molecular flexibility index (Phi) is 6.89. The molecule has 2 heterocycles. The third kappa shape index (κ3) is 5.02. The number of aromatic nitrogens is 1. The summed E-state index contributed by atoms with van der Waals surface area (Å²) in [7, 11) is 0. The number of aryl methyl sites for hydroxylation is 1. The Morgan fingerprint density at radius 1 is 1.06 bits per heavy atom. The van der Waals surface area contributed by atoms with E-state index >= 15 is 0 Å². The summed E-state index contributed by atoms with van der Waals surface area (Å²) in [6.07, 6.45) is 1.37. The van der Waals surface area contributed by atoms with Crippen LogP contribution < -0.4 is 4.90 Å². The van der Waals surface area contributed by atoms with E-state index in [-0.39, 0.29) is 31.4 Å². The van der Waals surface area contributed by atoms with E-state index in [0.29, 0.717) is 29.8 Å². The van der Waals surface area contributed by atoms with Gasteiger partial charge in [0.25, 0.3) is 0 Å². The van der Waals surface area contributed by atoms with Gasteiger partial charge in [-0.3, -0.25) is 14.4 Å². The maximum Gasteiger partial charge on any atom is 0.339 e. The second-order valence-corrected chi connectivity index (χ2v) is 7.37. The van der Waals surface area contributed by atoms with E-state index in [1.165, 1.54) is 0 Å². The first-order chi connectivity index (χ1) is 14.8. The van der Waals surface area contributed by atoms with Gasteiger partial charge in [-0.2, -0.15) is 0 Å². The smallest absolute Gasteiger partial charge is 0.339 e. The minimum atomic E-state index is -0.579. The molecular formula is C23H26N2O6. The van der Waals surface area contributed by atoms with Crippen LogP contribution in [0, 0.1) is 13.8 Å². The molecule has 1 aromatic carbocycles. The van der Waals surface area contributed by atoms with Gasteiger partial charge < -0.3 is 18.9 Å². The standard InChI is InChI=1S/C23H26N2O6/c1-4-30-23(29)19-12-15(2)25(16(19)3)13-22(28)31-14-20(26)17-7-9-18(10-8-17)24-11-5-6-21(24)27/h7-10,12H,4-6,11,13-14H2,1-3H3. The van der Waals surface area contributed by atoms with E-state index in [0.717, 1.165) is 17.8 Å². The van der Waals surface area contributed by atoms with Gasteiger partial charge in [-0.15, -0.1) is 0 Å². The lowest BCUT2D eigenvalue weighted by molar-refractivity contribution is -0.143. The van der Waals surface area contributed by atoms with E-state index in [1.54, 1.807) is 60.6 Å². The number of carbonyl (C=O) groups is 4. The first-order valence-electron chi connectivity index (χ1n) is 10.2. The van der Waals surface area contributed by atoms with Crippen LogP contribution in [0.15, 0.2) is 30.3 Å². The normalized spacial score (nSPS) is 13.4. The van der Waals surface area contributed by atoms with Gasteiger partial charge in [-0.05, 0) is 57.5 Å². The Hall–Kier alpha value is -3.42. The summed E-state index contributed by atoms with van der Waals surface area (Å²) in [6.45, 7) is 5.68. The second kappa shape index (κ2) is 9.59. The van der Waals surface area contributed by atoms with Crippen LogP contribution in [-0.2, 0) is 25.6 Å². The molecule has 3 rings (SSSR count). The van der Waals surface area contributed by atoms with Crippen LogP contribution in [0.1, 0.15) is 51.9 Å². The predicted molar refractivity (Wildman–Crippen MR) is 113 cm³/mol. The second-order valence-electron chi connectivity index (χ2n) is 7.37. The molecule has 1 amide bonds. The Morgan fingerprint density at radius 3 is 2.39 bits per heavy atom. The van der Waals surface area contributed by atoms with Gasteiger partial charge >= 0.3 is 11.9 Å². The van der Waals surface area contributed by atoms with Crippen molar-refractivity contribution in [3.05, 3.63) is 52.8 Å². The molecule has 1 fully saturated rings. The molecule has 1 aliphatic rings. The summed E-state index contributed by atoms with van der Waals surface area (Å²) >= 11 is 0. The maximum absolute atomic E-state index is 12.4. The first kappa shape index (κ1) is 22.3. The fraction of sp³-hybridized carbons (Fsp3) is 0.391. The van der Waals surface area contributed by atoms with Crippen molar-refractivity contribution in [1.29, 1.82) is 0 Å². The minimum absolute atomic E-state index is 0.0784. The molecule has 2 aromatic rings. The van der Waals surface area contributed by atoms with Gasteiger partial charge in [-0.1, -0.05) is 0 Å². The highest BCUT2D eigenvalue weighted by Gasteiger charge is 2.22. The van der Waals surface area contributed by atoms with Gasteiger partial charge in [0.1, 0.15) is 6.54 Å². The van der Waals surface area contributed by atoms with Crippen LogP contribution >= 0.6 is 0 Å². The van der Waals surface area contributed by atoms with E-state index in [1.807, 2.05) is 0 Å². The van der Waals surface area contributed by atoms with Gasteiger partial charge in [0.2, 0.25) is 5.91 Å². The van der Waals surface area contributed by atoms with Crippen LogP contribution in [-0.4, -0.2) is 48.0 Å². The molecule has 164 valence electrons. The third-order valence-corrected chi connectivity index (χ3v) is 5.29. The molecule has 0 radical (unpaired) electrons. The molecule has 1 aliphatic heterocycles. The van der Waals surface area contributed by atoms with Crippen molar-refractivity contribution in [2.45, 2.75) is 40.2 Å². The molecule has 8 nitrogen and oxygen atoms in total. The van der Waals surface area contributed by atoms with Crippen LogP contribution in [0.25, 0.3) is 0 Å². The van der Waals surface area contributed by atoms with E-state index in [9.17, 15) is 19.2 Å². The van der Waals surface area contributed by atoms with Crippen LogP contribution in [0.4, 0.5) is 5.69 Å².